The van der Waals surface area contributed by atoms with E-state index in [1.165, 1.54) is 25.7 Å². The average molecular weight is 270 g/mol. The Kier molecular flexibility index (Phi) is 2.70. The summed E-state index contributed by atoms with van der Waals surface area (Å²) in [5.74, 6) is 0.512. The van der Waals surface area contributed by atoms with E-state index in [2.05, 4.69) is 31.7 Å². The van der Waals surface area contributed by atoms with Gasteiger partial charge in [0.25, 0.3) is 0 Å². The second-order valence-electron chi connectivity index (χ2n) is 5.59. The molecule has 4 rings (SSSR count). The lowest BCUT2D eigenvalue weighted by Gasteiger charge is -2.27. The van der Waals surface area contributed by atoms with Crippen molar-refractivity contribution in [3.05, 3.63) is 24.3 Å². The maximum atomic E-state index is 4.44. The number of hydrogen-bond donors (Lipinski definition) is 2. The zero-order chi connectivity index (χ0) is 13.5. The number of aromatic nitrogens is 5. The Morgan fingerprint density at radius 2 is 2.15 bits per heavy atom. The summed E-state index contributed by atoms with van der Waals surface area (Å²) >= 11 is 0. The highest BCUT2D eigenvalue weighted by Crippen LogP contribution is 2.35. The molecule has 0 radical (unpaired) electrons. The van der Waals surface area contributed by atoms with Gasteiger partial charge in [0.1, 0.15) is 17.5 Å². The lowest BCUT2D eigenvalue weighted by Crippen LogP contribution is -2.29. The van der Waals surface area contributed by atoms with Gasteiger partial charge in [-0.05, 0) is 38.8 Å². The molecule has 0 atom stereocenters. The van der Waals surface area contributed by atoms with Crippen molar-refractivity contribution in [1.29, 1.82) is 0 Å². The first-order valence-corrected chi connectivity index (χ1v) is 7.21. The molecule has 0 amide bonds. The average Bonchev–Trinajstić information content (AvgIpc) is 3.13. The van der Waals surface area contributed by atoms with Crippen molar-refractivity contribution in [1.82, 2.24) is 30.1 Å². The van der Waals surface area contributed by atoms with Crippen LogP contribution in [0.2, 0.25) is 0 Å². The summed E-state index contributed by atoms with van der Waals surface area (Å²) in [4.78, 5) is 7.51. The van der Waals surface area contributed by atoms with Crippen molar-refractivity contribution < 1.29 is 0 Å². The maximum absolute atomic E-state index is 4.44. The van der Waals surface area contributed by atoms with Crippen molar-refractivity contribution in [2.75, 3.05) is 7.05 Å². The van der Waals surface area contributed by atoms with Crippen LogP contribution in [0.25, 0.3) is 16.6 Å². The van der Waals surface area contributed by atoms with Crippen molar-refractivity contribution >= 4 is 16.6 Å². The molecule has 0 saturated heterocycles. The molecule has 0 aromatic carbocycles. The minimum atomic E-state index is 0.512. The third kappa shape index (κ3) is 1.71. The molecule has 1 fully saturated rings. The van der Waals surface area contributed by atoms with Crippen LogP contribution in [0.15, 0.2) is 18.6 Å². The first-order chi connectivity index (χ1) is 9.86. The molecule has 2 N–H and O–H groups in total. The Hall–Kier alpha value is -1.95. The van der Waals surface area contributed by atoms with Crippen LogP contribution in [-0.4, -0.2) is 37.9 Å². The smallest absolute Gasteiger partial charge is 0.141 e. The Labute approximate surface area is 116 Å². The number of hydrogen-bond acceptors (Lipinski definition) is 4. The van der Waals surface area contributed by atoms with Crippen LogP contribution in [0.5, 0.6) is 0 Å². The summed E-state index contributed by atoms with van der Waals surface area (Å²) in [5.41, 5.74) is 3.15. The summed E-state index contributed by atoms with van der Waals surface area (Å²) in [6, 6.07) is 2.71. The van der Waals surface area contributed by atoms with Gasteiger partial charge in [-0.15, -0.1) is 5.10 Å². The summed E-state index contributed by atoms with van der Waals surface area (Å²) in [7, 11) is 2.05. The Morgan fingerprint density at radius 3 is 2.95 bits per heavy atom. The van der Waals surface area contributed by atoms with Crippen LogP contribution >= 0.6 is 0 Å². The van der Waals surface area contributed by atoms with Gasteiger partial charge < -0.3 is 10.3 Å². The molecule has 20 heavy (non-hydrogen) atoms. The lowest BCUT2D eigenvalue weighted by atomic mass is 9.83. The van der Waals surface area contributed by atoms with E-state index in [1.54, 1.807) is 10.8 Å². The summed E-state index contributed by atoms with van der Waals surface area (Å²) < 4.78 is 1.80. The van der Waals surface area contributed by atoms with Gasteiger partial charge in [-0.3, -0.25) is 0 Å². The quantitative estimate of drug-likeness (QED) is 0.745. The molecule has 1 aliphatic carbocycles. The van der Waals surface area contributed by atoms with Gasteiger partial charge in [0.2, 0.25) is 0 Å². The molecule has 104 valence electrons. The highest BCUT2D eigenvalue weighted by molar-refractivity contribution is 5.92. The summed E-state index contributed by atoms with van der Waals surface area (Å²) in [6.07, 6.45) is 8.43. The lowest BCUT2D eigenvalue weighted by molar-refractivity contribution is 0.356. The Morgan fingerprint density at radius 1 is 1.30 bits per heavy atom. The maximum Gasteiger partial charge on any atom is 0.141 e. The SMILES string of the molecule is CN[C@H]1CC[C@H](c2nnn3cnc4[nH]ccc4c23)CC1. The minimum absolute atomic E-state index is 0.512. The van der Waals surface area contributed by atoms with Crippen LogP contribution in [0.1, 0.15) is 37.3 Å². The van der Waals surface area contributed by atoms with E-state index in [0.717, 1.165) is 22.2 Å². The van der Waals surface area contributed by atoms with E-state index in [1.807, 2.05) is 13.2 Å². The molecule has 6 nitrogen and oxygen atoms in total. The monoisotopic (exact) mass is 270 g/mol. The Balaban J connectivity index is 1.78. The van der Waals surface area contributed by atoms with E-state index < -0.39 is 0 Å². The molecule has 3 aromatic rings. The number of rotatable bonds is 2. The molecule has 0 aliphatic heterocycles. The topological polar surface area (TPSA) is 70.9 Å². The van der Waals surface area contributed by atoms with Crippen LogP contribution in [0.4, 0.5) is 0 Å². The summed E-state index contributed by atoms with van der Waals surface area (Å²) in [5, 5.41) is 13.2. The predicted octanol–water partition coefficient (Wildman–Crippen LogP) is 1.85. The van der Waals surface area contributed by atoms with E-state index in [4.69, 9.17) is 0 Å². The highest BCUT2D eigenvalue weighted by Gasteiger charge is 2.26. The second kappa shape index (κ2) is 4.56. The fourth-order valence-corrected chi connectivity index (χ4v) is 3.35. The Bertz CT molecular complexity index is 734. The molecule has 3 heterocycles. The highest BCUT2D eigenvalue weighted by atomic mass is 15.4. The minimum Gasteiger partial charge on any atom is -0.346 e. The van der Waals surface area contributed by atoms with Gasteiger partial charge >= 0.3 is 0 Å². The molecule has 6 heteroatoms. The molecule has 3 aromatic heterocycles. The largest absolute Gasteiger partial charge is 0.346 e. The molecule has 0 spiro atoms. The zero-order valence-corrected chi connectivity index (χ0v) is 11.5. The predicted molar refractivity (Wildman–Crippen MR) is 76.7 cm³/mol. The number of nitrogens with one attached hydrogen (secondary N) is 2. The van der Waals surface area contributed by atoms with Gasteiger partial charge in [0, 0.05) is 23.5 Å². The van der Waals surface area contributed by atoms with Gasteiger partial charge in [-0.25, -0.2) is 9.50 Å². The van der Waals surface area contributed by atoms with Gasteiger partial charge in [-0.1, -0.05) is 5.21 Å². The first kappa shape index (κ1) is 11.8. The molecule has 1 saturated carbocycles. The third-order valence-electron chi connectivity index (χ3n) is 4.52. The number of H-pyrrole nitrogens is 1. The van der Waals surface area contributed by atoms with Crippen LogP contribution < -0.4 is 5.32 Å². The van der Waals surface area contributed by atoms with Gasteiger partial charge in [0.05, 0.1) is 5.69 Å². The molecule has 1 aliphatic rings. The second-order valence-corrected chi connectivity index (χ2v) is 5.59. The third-order valence-corrected chi connectivity index (χ3v) is 4.52. The standard InChI is InChI=1S/C14H18N6/c1-15-10-4-2-9(3-5-10)12-13-11-6-7-16-14(11)17-8-20(13)19-18-12/h6-10,15-16H,2-5H2,1H3/t9-,10-. The van der Waals surface area contributed by atoms with E-state index >= 15 is 0 Å². The number of fused-ring (bicyclic) bond motifs is 3. The fraction of sp³-hybridized carbons (Fsp3) is 0.500. The van der Waals surface area contributed by atoms with Crippen molar-refractivity contribution in [3.63, 3.8) is 0 Å². The van der Waals surface area contributed by atoms with Crippen molar-refractivity contribution in [2.45, 2.75) is 37.6 Å². The normalized spacial score (nSPS) is 23.6. The van der Waals surface area contributed by atoms with Crippen LogP contribution in [0.3, 0.4) is 0 Å². The first-order valence-electron chi connectivity index (χ1n) is 7.21. The fourth-order valence-electron chi connectivity index (χ4n) is 3.35. The number of aromatic amines is 1. The van der Waals surface area contributed by atoms with E-state index in [9.17, 15) is 0 Å². The molecule has 0 unspecified atom stereocenters. The van der Waals surface area contributed by atoms with Crippen molar-refractivity contribution in [2.24, 2.45) is 0 Å². The number of nitrogens with zero attached hydrogens (tertiary/aromatic N) is 4. The van der Waals surface area contributed by atoms with Crippen LogP contribution in [-0.2, 0) is 0 Å². The van der Waals surface area contributed by atoms with Crippen LogP contribution in [0, 0.1) is 0 Å². The molecular formula is C14H18N6. The van der Waals surface area contributed by atoms with Crippen molar-refractivity contribution in [3.8, 4) is 0 Å². The molecular weight excluding hydrogens is 252 g/mol. The zero-order valence-electron chi connectivity index (χ0n) is 11.5. The molecule has 0 bridgehead atoms. The van der Waals surface area contributed by atoms with E-state index in [0.29, 0.717) is 12.0 Å². The van der Waals surface area contributed by atoms with Gasteiger partial charge in [0.15, 0.2) is 0 Å². The summed E-state index contributed by atoms with van der Waals surface area (Å²) in [6.45, 7) is 0. The van der Waals surface area contributed by atoms with Gasteiger partial charge in [-0.2, -0.15) is 0 Å². The van der Waals surface area contributed by atoms with E-state index in [-0.39, 0.29) is 0 Å².